The molecule has 10 nitrogen and oxygen atoms in total. The van der Waals surface area contributed by atoms with Crippen LogP contribution in [0.15, 0.2) is 54.7 Å². The predicted octanol–water partition coefficient (Wildman–Crippen LogP) is 3.46. The second-order valence-electron chi connectivity index (χ2n) is 10.5. The van der Waals surface area contributed by atoms with Crippen LogP contribution in [0.1, 0.15) is 49.9 Å². The van der Waals surface area contributed by atoms with E-state index in [4.69, 9.17) is 9.47 Å². The number of nitrogens with one attached hydrogen (secondary N) is 1. The third-order valence-corrected chi connectivity index (χ3v) is 6.33. The van der Waals surface area contributed by atoms with Gasteiger partial charge in [-0.05, 0) is 43.0 Å². The molecule has 0 radical (unpaired) electrons. The smallest absolute Gasteiger partial charge is 0.407 e. The van der Waals surface area contributed by atoms with Gasteiger partial charge in [-0.15, -0.1) is 5.10 Å². The van der Waals surface area contributed by atoms with Crippen molar-refractivity contribution in [2.75, 3.05) is 26.2 Å². The number of aromatic nitrogens is 3. The summed E-state index contributed by atoms with van der Waals surface area (Å²) in [6.07, 6.45) is 1.69. The van der Waals surface area contributed by atoms with E-state index in [1.54, 1.807) is 38.7 Å². The third-order valence-electron chi connectivity index (χ3n) is 6.33. The molecule has 0 bridgehead atoms. The predicted molar refractivity (Wildman–Crippen MR) is 145 cm³/mol. The minimum atomic E-state index is -0.676. The molecule has 1 aliphatic rings. The van der Waals surface area contributed by atoms with Gasteiger partial charge in [0.15, 0.2) is 0 Å². The lowest BCUT2D eigenvalue weighted by atomic mass is 9.98. The summed E-state index contributed by atoms with van der Waals surface area (Å²) in [5.74, 6) is -0.813. The summed E-state index contributed by atoms with van der Waals surface area (Å²) in [7, 11) is 1.75. The molecule has 10 heteroatoms. The van der Waals surface area contributed by atoms with Gasteiger partial charge in [-0.2, -0.15) is 0 Å². The molecule has 4 rings (SSSR count). The highest BCUT2D eigenvalue weighted by molar-refractivity contribution is 5.82. The van der Waals surface area contributed by atoms with E-state index in [2.05, 4.69) is 39.9 Å². The molecule has 0 saturated heterocycles. The van der Waals surface area contributed by atoms with Crippen LogP contribution in [-0.4, -0.2) is 69.7 Å². The van der Waals surface area contributed by atoms with Gasteiger partial charge in [0, 0.05) is 45.1 Å². The van der Waals surface area contributed by atoms with Gasteiger partial charge in [-0.25, -0.2) is 4.79 Å². The van der Waals surface area contributed by atoms with Gasteiger partial charge in [-0.3, -0.25) is 14.3 Å². The van der Waals surface area contributed by atoms with Gasteiger partial charge in [-0.1, -0.05) is 53.7 Å². The summed E-state index contributed by atoms with van der Waals surface area (Å²) in [6, 6.07) is 16.2. The van der Waals surface area contributed by atoms with Crippen LogP contribution in [0.4, 0.5) is 4.79 Å². The van der Waals surface area contributed by atoms with E-state index >= 15 is 0 Å². The van der Waals surface area contributed by atoms with Crippen LogP contribution in [0.25, 0.3) is 11.1 Å². The van der Waals surface area contributed by atoms with Gasteiger partial charge in [0.25, 0.3) is 0 Å². The first-order valence-corrected chi connectivity index (χ1v) is 13.0. The summed E-state index contributed by atoms with van der Waals surface area (Å²) in [6.45, 7) is 5.53. The molecule has 0 atom stereocenters. The van der Waals surface area contributed by atoms with Crippen LogP contribution >= 0.6 is 0 Å². The molecule has 0 aliphatic heterocycles. The molecular weight excluding hydrogens is 498 g/mol. The molecule has 3 aromatic rings. The topological polar surface area (TPSA) is 116 Å². The van der Waals surface area contributed by atoms with Gasteiger partial charge in [0.05, 0.1) is 5.69 Å². The maximum absolute atomic E-state index is 13.0. The van der Waals surface area contributed by atoms with E-state index < -0.39 is 17.7 Å². The van der Waals surface area contributed by atoms with Crippen molar-refractivity contribution < 1.29 is 23.9 Å². The molecule has 1 aliphatic carbocycles. The lowest BCUT2D eigenvalue weighted by Gasteiger charge is -2.25. The second-order valence-corrected chi connectivity index (χ2v) is 10.5. The Kier molecular flexibility index (Phi) is 8.63. The molecule has 1 heterocycles. The molecule has 1 aromatic heterocycles. The number of carbonyl (C=O) groups is 3. The number of carbonyl (C=O) groups excluding carboxylic acids is 3. The fourth-order valence-electron chi connectivity index (χ4n) is 4.67. The maximum atomic E-state index is 13.0. The number of hydrogen-bond acceptors (Lipinski definition) is 7. The van der Waals surface area contributed by atoms with E-state index in [0.29, 0.717) is 12.1 Å². The van der Waals surface area contributed by atoms with Crippen LogP contribution < -0.4 is 5.32 Å². The zero-order valence-corrected chi connectivity index (χ0v) is 22.8. The molecule has 0 saturated carbocycles. The van der Waals surface area contributed by atoms with E-state index in [9.17, 15) is 14.4 Å². The molecule has 2 aromatic carbocycles. The number of rotatable bonds is 10. The van der Waals surface area contributed by atoms with Gasteiger partial charge in [0.1, 0.15) is 18.8 Å². The van der Waals surface area contributed by atoms with Gasteiger partial charge in [0.2, 0.25) is 5.91 Å². The zero-order chi connectivity index (χ0) is 28.0. The first-order chi connectivity index (χ1) is 18.6. The highest BCUT2D eigenvalue weighted by Gasteiger charge is 2.29. The van der Waals surface area contributed by atoms with E-state index in [1.165, 1.54) is 4.90 Å². The van der Waals surface area contributed by atoms with Crippen molar-refractivity contribution in [2.45, 2.75) is 45.1 Å². The number of nitrogens with zero attached hydrogens (tertiary/aromatic N) is 4. The summed E-state index contributed by atoms with van der Waals surface area (Å²) in [4.78, 5) is 39.3. The molecular formula is C29H35N5O5. The van der Waals surface area contributed by atoms with Crippen LogP contribution in [0, 0.1) is 0 Å². The van der Waals surface area contributed by atoms with Crippen LogP contribution in [0.3, 0.4) is 0 Å². The highest BCUT2D eigenvalue weighted by Crippen LogP contribution is 2.44. The lowest BCUT2D eigenvalue weighted by molar-refractivity contribution is -0.158. The molecule has 1 N–H and O–H groups in total. The molecule has 0 spiro atoms. The Labute approximate surface area is 228 Å². The number of fused-ring (bicyclic) bond motifs is 3. The molecule has 0 fully saturated rings. The molecule has 2 amide bonds. The first-order valence-electron chi connectivity index (χ1n) is 13.0. The standard InChI is InChI=1S/C29H35N5O5/c1-29(2,3)39-27(36)18-34(26(35)14-13-20-17-33(4)32-31-20)16-15-30-28(37)38-19-25-23-11-7-5-9-21(23)22-10-6-8-12-24(22)25/h5-12,17,25H,13-16,18-19H2,1-4H3,(H,30,37). The van der Waals surface area contributed by atoms with Crippen molar-refractivity contribution in [3.05, 3.63) is 71.5 Å². The molecule has 39 heavy (non-hydrogen) atoms. The Morgan fingerprint density at radius 3 is 2.26 bits per heavy atom. The first kappa shape index (κ1) is 27.8. The van der Waals surface area contributed by atoms with Crippen molar-refractivity contribution in [1.29, 1.82) is 0 Å². The third kappa shape index (κ3) is 7.43. The normalized spacial score (nSPS) is 12.4. The van der Waals surface area contributed by atoms with Crippen molar-refractivity contribution in [3.63, 3.8) is 0 Å². The van der Waals surface area contributed by atoms with Crippen LogP contribution in [0.5, 0.6) is 0 Å². The number of ether oxygens (including phenoxy) is 2. The number of hydrogen-bond donors (Lipinski definition) is 1. The van der Waals surface area contributed by atoms with Crippen molar-refractivity contribution in [2.24, 2.45) is 7.05 Å². The number of benzene rings is 2. The zero-order valence-electron chi connectivity index (χ0n) is 22.8. The number of amides is 2. The minimum absolute atomic E-state index is 0.0468. The molecule has 206 valence electrons. The maximum Gasteiger partial charge on any atom is 0.407 e. The SMILES string of the molecule is Cn1cc(CCC(=O)N(CCNC(=O)OCC2c3ccccc3-c3ccccc32)CC(=O)OC(C)(C)C)nn1. The second kappa shape index (κ2) is 12.1. The van der Waals surface area contributed by atoms with Crippen molar-refractivity contribution in [1.82, 2.24) is 25.2 Å². The fourth-order valence-corrected chi connectivity index (χ4v) is 4.67. The Balaban J connectivity index is 1.31. The number of aryl methyl sites for hydroxylation is 2. The minimum Gasteiger partial charge on any atom is -0.459 e. The molecule has 0 unspecified atom stereocenters. The average Bonchev–Trinajstić information content (AvgIpc) is 3.45. The Morgan fingerprint density at radius 1 is 1.03 bits per heavy atom. The largest absolute Gasteiger partial charge is 0.459 e. The lowest BCUT2D eigenvalue weighted by Crippen LogP contribution is -2.43. The van der Waals surface area contributed by atoms with E-state index in [-0.39, 0.29) is 44.5 Å². The summed E-state index contributed by atoms with van der Waals surface area (Å²) in [5.41, 5.74) is 4.57. The Morgan fingerprint density at radius 2 is 1.67 bits per heavy atom. The number of alkyl carbamates (subject to hydrolysis) is 1. The monoisotopic (exact) mass is 533 g/mol. The Bertz CT molecular complexity index is 1280. The summed E-state index contributed by atoms with van der Waals surface area (Å²) >= 11 is 0. The Hall–Kier alpha value is -4.21. The van der Waals surface area contributed by atoms with Crippen LogP contribution in [0.2, 0.25) is 0 Å². The van der Waals surface area contributed by atoms with E-state index in [1.807, 2.05) is 24.3 Å². The average molecular weight is 534 g/mol. The quantitative estimate of drug-likeness (QED) is 0.397. The summed E-state index contributed by atoms with van der Waals surface area (Å²) in [5, 5.41) is 10.6. The van der Waals surface area contributed by atoms with Crippen LogP contribution in [-0.2, 0) is 32.5 Å². The van der Waals surface area contributed by atoms with E-state index in [0.717, 1.165) is 22.3 Å². The van der Waals surface area contributed by atoms with Gasteiger partial charge >= 0.3 is 12.1 Å². The highest BCUT2D eigenvalue weighted by atomic mass is 16.6. The van der Waals surface area contributed by atoms with Crippen molar-refractivity contribution >= 4 is 18.0 Å². The fraction of sp³-hybridized carbons (Fsp3) is 0.414. The van der Waals surface area contributed by atoms with Gasteiger partial charge < -0.3 is 19.7 Å². The van der Waals surface area contributed by atoms with Crippen molar-refractivity contribution in [3.8, 4) is 11.1 Å². The summed E-state index contributed by atoms with van der Waals surface area (Å²) < 4.78 is 12.5. The number of esters is 1.